The van der Waals surface area contributed by atoms with Gasteiger partial charge in [0.2, 0.25) is 0 Å². The number of carboxylic acid groups (broad SMARTS) is 1. The van der Waals surface area contributed by atoms with E-state index in [0.29, 0.717) is 22.3 Å². The third-order valence-electron chi connectivity index (χ3n) is 6.24. The number of carbonyl (C=O) groups excluding carboxylic acids is 1. The number of aromatic nitrogens is 1. The SMILES string of the molecule is O=C([O-])CCSC1c2ccccc2CCc2ccc(C=Cc3ccc4cc(F)c(F)cc4n3)cc21.[Na+]. The molecule has 0 fully saturated rings. The second-order valence-corrected chi connectivity index (χ2v) is 9.77. The maximum absolute atomic E-state index is 13.6. The number of rotatable bonds is 6. The van der Waals surface area contributed by atoms with E-state index in [0.717, 1.165) is 30.5 Å². The average Bonchev–Trinajstić information content (AvgIpc) is 3.00. The van der Waals surface area contributed by atoms with E-state index >= 15 is 0 Å². The van der Waals surface area contributed by atoms with Crippen LogP contribution in [0.15, 0.2) is 66.7 Å². The topological polar surface area (TPSA) is 53.0 Å². The van der Waals surface area contributed by atoms with E-state index in [-0.39, 0.29) is 41.2 Å². The smallest absolute Gasteiger partial charge is 0.550 e. The Morgan fingerprint density at radius 1 is 0.944 bits per heavy atom. The van der Waals surface area contributed by atoms with Crippen molar-refractivity contribution in [2.24, 2.45) is 0 Å². The van der Waals surface area contributed by atoms with Crippen molar-refractivity contribution in [1.82, 2.24) is 4.98 Å². The zero-order valence-corrected chi connectivity index (χ0v) is 22.7. The van der Waals surface area contributed by atoms with Crippen LogP contribution >= 0.6 is 11.8 Å². The maximum atomic E-state index is 13.6. The first-order valence-electron chi connectivity index (χ1n) is 11.4. The molecule has 1 atom stereocenters. The van der Waals surface area contributed by atoms with Gasteiger partial charge in [-0.1, -0.05) is 54.6 Å². The number of thioether (sulfide) groups is 1. The molecule has 0 saturated carbocycles. The van der Waals surface area contributed by atoms with E-state index in [9.17, 15) is 18.7 Å². The number of hydrogen-bond donors (Lipinski definition) is 0. The molecule has 1 aliphatic rings. The summed E-state index contributed by atoms with van der Waals surface area (Å²) in [6.45, 7) is 0. The third-order valence-corrected chi connectivity index (χ3v) is 7.52. The van der Waals surface area contributed by atoms with E-state index in [4.69, 9.17) is 0 Å². The van der Waals surface area contributed by atoms with Crippen molar-refractivity contribution in [3.63, 3.8) is 0 Å². The van der Waals surface area contributed by atoms with Crippen LogP contribution in [0.3, 0.4) is 0 Å². The molecule has 0 saturated heterocycles. The van der Waals surface area contributed by atoms with Crippen molar-refractivity contribution in [1.29, 1.82) is 0 Å². The molecule has 1 aliphatic carbocycles. The number of hydrogen-bond acceptors (Lipinski definition) is 4. The minimum absolute atomic E-state index is 0. The number of fused-ring (bicyclic) bond motifs is 3. The molecule has 0 bridgehead atoms. The van der Waals surface area contributed by atoms with Gasteiger partial charge in [-0.2, -0.15) is 0 Å². The predicted octanol–water partition coefficient (Wildman–Crippen LogP) is 2.75. The number of pyridine rings is 1. The molecule has 3 aromatic carbocycles. The number of carbonyl (C=O) groups is 1. The Morgan fingerprint density at radius 2 is 1.69 bits per heavy atom. The Bertz CT molecular complexity index is 1460. The van der Waals surface area contributed by atoms with E-state index < -0.39 is 17.6 Å². The first-order valence-corrected chi connectivity index (χ1v) is 12.5. The molecule has 1 unspecified atom stereocenters. The van der Waals surface area contributed by atoms with E-state index in [1.807, 2.05) is 24.3 Å². The number of carboxylic acids is 1. The minimum Gasteiger partial charge on any atom is -0.550 e. The summed E-state index contributed by atoms with van der Waals surface area (Å²) in [7, 11) is 0. The Labute approximate surface area is 234 Å². The summed E-state index contributed by atoms with van der Waals surface area (Å²) < 4.78 is 27.1. The quantitative estimate of drug-likeness (QED) is 0.375. The molecule has 36 heavy (non-hydrogen) atoms. The van der Waals surface area contributed by atoms with Gasteiger partial charge in [0.05, 0.1) is 16.5 Å². The van der Waals surface area contributed by atoms with Gasteiger partial charge in [0.15, 0.2) is 11.6 Å². The fourth-order valence-electron chi connectivity index (χ4n) is 4.49. The summed E-state index contributed by atoms with van der Waals surface area (Å²) in [5.74, 6) is -2.37. The average molecular weight is 510 g/mol. The Balaban J connectivity index is 0.00000304. The number of halogens is 2. The third kappa shape index (κ3) is 5.89. The van der Waals surface area contributed by atoms with Gasteiger partial charge in [0.25, 0.3) is 0 Å². The van der Waals surface area contributed by atoms with Gasteiger partial charge in [0, 0.05) is 17.4 Å². The second-order valence-electron chi connectivity index (χ2n) is 8.56. The van der Waals surface area contributed by atoms with Crippen LogP contribution in [0.2, 0.25) is 0 Å². The number of nitrogens with zero attached hydrogens (tertiary/aromatic N) is 1. The van der Waals surface area contributed by atoms with Gasteiger partial charge >= 0.3 is 29.6 Å². The number of benzene rings is 3. The van der Waals surface area contributed by atoms with E-state index in [1.54, 1.807) is 23.9 Å². The molecule has 0 aliphatic heterocycles. The summed E-state index contributed by atoms with van der Waals surface area (Å²) in [5.41, 5.74) is 6.98. The van der Waals surface area contributed by atoms with Crippen LogP contribution in [0.1, 0.15) is 45.2 Å². The molecule has 5 rings (SSSR count). The van der Waals surface area contributed by atoms with Gasteiger partial charge in [0.1, 0.15) is 0 Å². The van der Waals surface area contributed by atoms with Gasteiger partial charge in [-0.05, 0) is 71.0 Å². The van der Waals surface area contributed by atoms with Crippen LogP contribution in [0.5, 0.6) is 0 Å². The molecule has 176 valence electrons. The van der Waals surface area contributed by atoms with Gasteiger partial charge in [-0.25, -0.2) is 13.8 Å². The van der Waals surface area contributed by atoms with Crippen LogP contribution in [0.25, 0.3) is 23.1 Å². The first-order chi connectivity index (χ1) is 17.0. The van der Waals surface area contributed by atoms with E-state index in [2.05, 4.69) is 35.3 Å². The van der Waals surface area contributed by atoms with E-state index in [1.165, 1.54) is 22.3 Å². The molecule has 0 spiro atoms. The molecular formula is C29H22F2NNaO2S. The van der Waals surface area contributed by atoms with Crippen LogP contribution in [0.4, 0.5) is 8.78 Å². The van der Waals surface area contributed by atoms with Crippen LogP contribution in [-0.2, 0) is 17.6 Å². The van der Waals surface area contributed by atoms with Gasteiger partial charge < -0.3 is 9.90 Å². The molecule has 3 nitrogen and oxygen atoms in total. The summed E-state index contributed by atoms with van der Waals surface area (Å²) >= 11 is 1.63. The number of aryl methyl sites for hydroxylation is 2. The van der Waals surface area contributed by atoms with Gasteiger partial charge in [-0.15, -0.1) is 11.8 Å². The minimum atomic E-state index is -1.04. The molecule has 1 heterocycles. The molecule has 7 heteroatoms. The first kappa shape index (κ1) is 26.6. The number of aliphatic carboxylic acids is 1. The fraction of sp³-hybridized carbons (Fsp3) is 0.172. The normalized spacial score (nSPS) is 14.7. The van der Waals surface area contributed by atoms with Crippen LogP contribution in [-0.4, -0.2) is 16.7 Å². The van der Waals surface area contributed by atoms with Crippen molar-refractivity contribution in [2.45, 2.75) is 24.5 Å². The molecular weight excluding hydrogens is 487 g/mol. The Kier molecular flexibility index (Phi) is 8.62. The van der Waals surface area contributed by atoms with Crippen molar-refractivity contribution in [3.05, 3.63) is 112 Å². The van der Waals surface area contributed by atoms with Crippen molar-refractivity contribution in [3.8, 4) is 0 Å². The summed E-state index contributed by atoms with van der Waals surface area (Å²) in [6, 6.07) is 20.5. The fourth-order valence-corrected chi connectivity index (χ4v) is 5.82. The molecule has 0 amide bonds. The van der Waals surface area contributed by atoms with Crippen molar-refractivity contribution < 1.29 is 48.2 Å². The van der Waals surface area contributed by atoms with Crippen LogP contribution in [0, 0.1) is 11.6 Å². The summed E-state index contributed by atoms with van der Waals surface area (Å²) in [5, 5.41) is 11.6. The Hall–Kier alpha value is -2.51. The second kappa shape index (κ2) is 11.7. The van der Waals surface area contributed by atoms with Gasteiger partial charge in [-0.3, -0.25) is 0 Å². The summed E-state index contributed by atoms with van der Waals surface area (Å²) in [4.78, 5) is 15.4. The monoisotopic (exact) mass is 509 g/mol. The van der Waals surface area contributed by atoms with Crippen LogP contribution < -0.4 is 34.7 Å². The Morgan fingerprint density at radius 3 is 2.50 bits per heavy atom. The summed E-state index contributed by atoms with van der Waals surface area (Å²) in [6.07, 6.45) is 5.67. The maximum Gasteiger partial charge on any atom is 1.00 e. The standard InChI is InChI=1S/C29H23F2NO2S.Na/c30-25-16-21-10-12-22(32-27(21)17-26(25)31)11-6-18-5-7-20-9-8-19-3-1-2-4-23(19)29(24(20)15-18)35-14-13-28(33)34;/h1-7,10-12,15-17,29H,8-9,13-14H2,(H,33,34);/q;+1/p-1. The molecule has 1 aromatic heterocycles. The molecule has 0 radical (unpaired) electrons. The largest absolute Gasteiger partial charge is 1.00 e. The van der Waals surface area contributed by atoms with Crippen molar-refractivity contribution in [2.75, 3.05) is 5.75 Å². The molecule has 4 aromatic rings. The zero-order valence-electron chi connectivity index (χ0n) is 19.8. The zero-order chi connectivity index (χ0) is 24.4. The molecule has 0 N–H and O–H groups in total. The predicted molar refractivity (Wildman–Crippen MR) is 135 cm³/mol. The van der Waals surface area contributed by atoms with Crippen molar-refractivity contribution >= 4 is 40.8 Å².